The molecule has 1 rings (SSSR count). The lowest BCUT2D eigenvalue weighted by molar-refractivity contribution is -0.192. The number of alkyl halides is 6. The van der Waals surface area contributed by atoms with Gasteiger partial charge < -0.3 is 10.2 Å². The standard InChI is InChI=1S/C7H4F3NO2.C2HF3O2/c8-7(9,10)5-4(6(12)13)2-1-3-11-5;3-2(4,5)1(6)7/h1-3H,(H,12,13);(H,6,7). The number of hydrogen-bond acceptors (Lipinski definition) is 3. The van der Waals surface area contributed by atoms with Gasteiger partial charge in [-0.3, -0.25) is 4.98 Å². The molecular formula is C9H5F6NO4. The molecule has 20 heavy (non-hydrogen) atoms. The number of hydrogen-bond donors (Lipinski definition) is 2. The second-order valence-corrected chi connectivity index (χ2v) is 3.01. The molecule has 0 aliphatic rings. The maximum Gasteiger partial charge on any atom is 0.490 e. The van der Waals surface area contributed by atoms with Crippen molar-refractivity contribution in [1.82, 2.24) is 4.98 Å². The third-order valence-electron chi connectivity index (χ3n) is 1.55. The first-order valence-corrected chi connectivity index (χ1v) is 4.43. The lowest BCUT2D eigenvalue weighted by Gasteiger charge is -2.07. The highest BCUT2D eigenvalue weighted by Crippen LogP contribution is 2.29. The van der Waals surface area contributed by atoms with Gasteiger partial charge in [0.2, 0.25) is 0 Å². The van der Waals surface area contributed by atoms with Gasteiger partial charge in [-0.1, -0.05) is 0 Å². The van der Waals surface area contributed by atoms with Crippen LogP contribution in [-0.2, 0) is 11.0 Å². The Morgan fingerprint density at radius 2 is 1.50 bits per heavy atom. The number of carboxylic acids is 2. The second-order valence-electron chi connectivity index (χ2n) is 3.01. The van der Waals surface area contributed by atoms with E-state index in [1.807, 2.05) is 0 Å². The van der Waals surface area contributed by atoms with Crippen molar-refractivity contribution in [2.24, 2.45) is 0 Å². The molecule has 0 aliphatic carbocycles. The van der Waals surface area contributed by atoms with E-state index in [0.717, 1.165) is 18.3 Å². The summed E-state index contributed by atoms with van der Waals surface area (Å²) in [7, 11) is 0. The number of rotatable bonds is 1. The van der Waals surface area contributed by atoms with Crippen LogP contribution in [-0.4, -0.2) is 33.3 Å². The normalized spacial score (nSPS) is 11.3. The summed E-state index contributed by atoms with van der Waals surface area (Å²) >= 11 is 0. The van der Waals surface area contributed by atoms with Gasteiger partial charge in [0, 0.05) is 6.20 Å². The van der Waals surface area contributed by atoms with Crippen LogP contribution in [0.25, 0.3) is 0 Å². The summed E-state index contributed by atoms with van der Waals surface area (Å²) in [5.74, 6) is -4.40. The lowest BCUT2D eigenvalue weighted by atomic mass is 10.2. The van der Waals surface area contributed by atoms with Crippen LogP contribution in [0.2, 0.25) is 0 Å². The first-order chi connectivity index (χ1) is 8.87. The van der Waals surface area contributed by atoms with Crippen molar-refractivity contribution in [3.8, 4) is 0 Å². The number of aromatic carboxylic acids is 1. The molecule has 0 radical (unpaired) electrons. The molecule has 1 aromatic rings. The molecule has 0 atom stereocenters. The molecule has 0 saturated heterocycles. The Labute approximate surface area is 106 Å². The van der Waals surface area contributed by atoms with E-state index in [2.05, 4.69) is 4.98 Å². The quantitative estimate of drug-likeness (QED) is 0.778. The Bertz CT molecular complexity index is 496. The topological polar surface area (TPSA) is 87.5 Å². The van der Waals surface area contributed by atoms with Crippen molar-refractivity contribution >= 4 is 11.9 Å². The van der Waals surface area contributed by atoms with Crippen LogP contribution in [0.15, 0.2) is 18.3 Å². The van der Waals surface area contributed by atoms with Crippen molar-refractivity contribution in [1.29, 1.82) is 0 Å². The Morgan fingerprint density at radius 3 is 1.75 bits per heavy atom. The van der Waals surface area contributed by atoms with Gasteiger partial charge in [0.05, 0.1) is 5.56 Å². The highest BCUT2D eigenvalue weighted by molar-refractivity contribution is 5.88. The zero-order chi connectivity index (χ0) is 16.1. The number of carboxylic acid groups (broad SMARTS) is 2. The number of nitrogens with zero attached hydrogens (tertiary/aromatic N) is 1. The summed E-state index contributed by atoms with van der Waals surface area (Å²) in [4.78, 5) is 22.2. The summed E-state index contributed by atoms with van der Waals surface area (Å²) in [6, 6.07) is 2.00. The summed E-state index contributed by atoms with van der Waals surface area (Å²) < 4.78 is 68.0. The Hall–Kier alpha value is -2.33. The van der Waals surface area contributed by atoms with Crippen molar-refractivity contribution in [3.05, 3.63) is 29.6 Å². The molecule has 0 unspecified atom stereocenters. The van der Waals surface area contributed by atoms with Crippen molar-refractivity contribution in [3.63, 3.8) is 0 Å². The molecule has 0 bridgehead atoms. The molecule has 2 N–H and O–H groups in total. The largest absolute Gasteiger partial charge is 0.490 e. The summed E-state index contributed by atoms with van der Waals surface area (Å²) in [6.07, 6.45) is -8.91. The molecule has 0 aliphatic heterocycles. The SMILES string of the molecule is O=C(O)C(F)(F)F.O=C(O)c1cccnc1C(F)(F)F. The van der Waals surface area contributed by atoms with Crippen LogP contribution >= 0.6 is 0 Å². The molecule has 1 aromatic heterocycles. The van der Waals surface area contributed by atoms with E-state index in [-0.39, 0.29) is 0 Å². The molecular weight excluding hydrogens is 300 g/mol. The Kier molecular flexibility index (Phi) is 5.49. The number of pyridine rings is 1. The van der Waals surface area contributed by atoms with Crippen molar-refractivity contribution < 1.29 is 46.1 Å². The second kappa shape index (κ2) is 6.21. The minimum absolute atomic E-state index is 0.838. The van der Waals surface area contributed by atoms with Crippen LogP contribution < -0.4 is 0 Å². The molecule has 11 heteroatoms. The van der Waals surface area contributed by atoms with Gasteiger partial charge in [-0.05, 0) is 12.1 Å². The fourth-order valence-corrected chi connectivity index (χ4v) is 0.804. The Morgan fingerprint density at radius 1 is 1.05 bits per heavy atom. The highest BCUT2D eigenvalue weighted by Gasteiger charge is 2.38. The molecule has 0 saturated carbocycles. The summed E-state index contributed by atoms with van der Waals surface area (Å²) in [6.45, 7) is 0. The van der Waals surface area contributed by atoms with E-state index < -0.39 is 35.5 Å². The average molecular weight is 305 g/mol. The predicted octanol–water partition coefficient (Wildman–Crippen LogP) is 2.43. The van der Waals surface area contributed by atoms with E-state index in [1.54, 1.807) is 0 Å². The molecule has 1 heterocycles. The smallest absolute Gasteiger partial charge is 0.478 e. The molecule has 0 amide bonds. The number of aliphatic carboxylic acids is 1. The third kappa shape index (κ3) is 5.54. The Balaban J connectivity index is 0.000000441. The highest BCUT2D eigenvalue weighted by atomic mass is 19.4. The van der Waals surface area contributed by atoms with Crippen molar-refractivity contribution in [2.45, 2.75) is 12.4 Å². The summed E-state index contributed by atoms with van der Waals surface area (Å²) in [5.41, 5.74) is -2.21. The fraction of sp³-hybridized carbons (Fsp3) is 0.222. The van der Waals surface area contributed by atoms with Gasteiger partial charge in [-0.25, -0.2) is 9.59 Å². The van der Waals surface area contributed by atoms with Gasteiger partial charge in [-0.2, -0.15) is 26.3 Å². The van der Waals surface area contributed by atoms with Gasteiger partial charge in [0.25, 0.3) is 0 Å². The first-order valence-electron chi connectivity index (χ1n) is 4.43. The van der Waals surface area contributed by atoms with Gasteiger partial charge in [-0.15, -0.1) is 0 Å². The zero-order valence-electron chi connectivity index (χ0n) is 9.16. The molecule has 0 fully saturated rings. The first kappa shape index (κ1) is 17.7. The number of aromatic nitrogens is 1. The molecule has 0 spiro atoms. The number of carbonyl (C=O) groups is 2. The van der Waals surface area contributed by atoms with Crippen LogP contribution in [0.3, 0.4) is 0 Å². The minimum atomic E-state index is -5.08. The van der Waals surface area contributed by atoms with Crippen LogP contribution in [0, 0.1) is 0 Å². The lowest BCUT2D eigenvalue weighted by Crippen LogP contribution is -2.21. The van der Waals surface area contributed by atoms with E-state index in [9.17, 15) is 31.1 Å². The zero-order valence-corrected chi connectivity index (χ0v) is 9.16. The molecule has 0 aromatic carbocycles. The van der Waals surface area contributed by atoms with Gasteiger partial charge >= 0.3 is 24.3 Å². The maximum absolute atomic E-state index is 12.1. The summed E-state index contributed by atoms with van der Waals surface area (Å²) in [5, 5.41) is 15.5. The number of halogens is 6. The van der Waals surface area contributed by atoms with Crippen LogP contribution in [0.1, 0.15) is 16.1 Å². The third-order valence-corrected chi connectivity index (χ3v) is 1.55. The van der Waals surface area contributed by atoms with E-state index in [4.69, 9.17) is 15.0 Å². The monoisotopic (exact) mass is 305 g/mol. The van der Waals surface area contributed by atoms with E-state index >= 15 is 0 Å². The van der Waals surface area contributed by atoms with E-state index in [0.29, 0.717) is 0 Å². The van der Waals surface area contributed by atoms with E-state index in [1.165, 1.54) is 0 Å². The minimum Gasteiger partial charge on any atom is -0.478 e. The molecule has 112 valence electrons. The predicted molar refractivity (Wildman–Crippen MR) is 49.9 cm³/mol. The van der Waals surface area contributed by atoms with Gasteiger partial charge in [0.15, 0.2) is 5.69 Å². The van der Waals surface area contributed by atoms with Crippen LogP contribution in [0.4, 0.5) is 26.3 Å². The average Bonchev–Trinajstić information content (AvgIpc) is 2.27. The fourth-order valence-electron chi connectivity index (χ4n) is 0.804. The molecule has 5 nitrogen and oxygen atoms in total. The maximum atomic E-state index is 12.1. The van der Waals surface area contributed by atoms with Crippen LogP contribution in [0.5, 0.6) is 0 Å². The van der Waals surface area contributed by atoms with Crippen molar-refractivity contribution in [2.75, 3.05) is 0 Å². The van der Waals surface area contributed by atoms with Gasteiger partial charge in [0.1, 0.15) is 0 Å².